The average molecular weight is 449 g/mol. The number of hydrogen-bond donors (Lipinski definition) is 1. The normalized spacial score (nSPS) is 18.6. The van der Waals surface area contributed by atoms with Gasteiger partial charge in [0.2, 0.25) is 5.88 Å². The van der Waals surface area contributed by atoms with Crippen LogP contribution >= 0.6 is 0 Å². The van der Waals surface area contributed by atoms with Crippen molar-refractivity contribution in [3.63, 3.8) is 0 Å². The van der Waals surface area contributed by atoms with Crippen molar-refractivity contribution in [2.45, 2.75) is 12.5 Å². The monoisotopic (exact) mass is 448 g/mol. The Morgan fingerprint density at radius 2 is 1.91 bits per heavy atom. The number of nitrogens with zero attached hydrogens (tertiary/aromatic N) is 7. The fourth-order valence-electron chi connectivity index (χ4n) is 4.11. The van der Waals surface area contributed by atoms with E-state index in [9.17, 15) is 4.79 Å². The van der Waals surface area contributed by atoms with Crippen molar-refractivity contribution in [3.05, 3.63) is 47.0 Å². The molecule has 0 bridgehead atoms. The molecule has 2 aliphatic rings. The number of benzene rings is 1. The summed E-state index contributed by atoms with van der Waals surface area (Å²) in [4.78, 5) is 26.7. The summed E-state index contributed by atoms with van der Waals surface area (Å²) >= 11 is 0. The van der Waals surface area contributed by atoms with Crippen molar-refractivity contribution in [2.24, 2.45) is 17.4 Å². The van der Waals surface area contributed by atoms with Crippen LogP contribution in [-0.4, -0.2) is 71.9 Å². The van der Waals surface area contributed by atoms with Crippen molar-refractivity contribution in [3.8, 4) is 17.1 Å². The van der Waals surface area contributed by atoms with E-state index in [0.717, 1.165) is 37.4 Å². The molecule has 2 aromatic heterocycles. The molecule has 0 amide bonds. The van der Waals surface area contributed by atoms with Gasteiger partial charge < -0.3 is 19.1 Å². The molecule has 1 fully saturated rings. The second-order valence-corrected chi connectivity index (χ2v) is 8.59. The van der Waals surface area contributed by atoms with E-state index in [1.54, 1.807) is 7.05 Å². The van der Waals surface area contributed by atoms with E-state index in [2.05, 4.69) is 61.9 Å². The van der Waals surface area contributed by atoms with Crippen LogP contribution in [0.25, 0.3) is 22.2 Å². The Balaban J connectivity index is 1.42. The third kappa shape index (κ3) is 4.51. The molecule has 1 aromatic carbocycles. The van der Waals surface area contributed by atoms with E-state index in [0.29, 0.717) is 36.4 Å². The van der Waals surface area contributed by atoms with Gasteiger partial charge in [-0.15, -0.1) is 0 Å². The molecule has 4 heterocycles. The van der Waals surface area contributed by atoms with Crippen LogP contribution < -0.4 is 20.6 Å². The zero-order valence-electron chi connectivity index (χ0n) is 18.9. The Morgan fingerprint density at radius 1 is 1.12 bits per heavy atom. The molecular formula is C23H28N8O2. The lowest BCUT2D eigenvalue weighted by molar-refractivity contribution is 0.286. The first-order valence-corrected chi connectivity index (χ1v) is 11.2. The van der Waals surface area contributed by atoms with Crippen LogP contribution in [0.2, 0.25) is 0 Å². The fraction of sp³-hybridized carbons (Fsp3) is 0.435. The molecule has 0 saturated carbocycles. The predicted octanol–water partition coefficient (Wildman–Crippen LogP) is 1.86. The van der Waals surface area contributed by atoms with Crippen LogP contribution in [0.4, 0.5) is 5.69 Å². The van der Waals surface area contributed by atoms with E-state index in [-0.39, 0.29) is 11.6 Å². The van der Waals surface area contributed by atoms with Crippen molar-refractivity contribution in [1.82, 2.24) is 24.9 Å². The molecule has 1 N–H and O–H groups in total. The number of pyridine rings is 1. The number of piperazine rings is 1. The number of fused-ring (bicyclic) bond motifs is 1. The van der Waals surface area contributed by atoms with Crippen molar-refractivity contribution in [2.75, 3.05) is 51.3 Å². The number of nitrogens with one attached hydrogen (secondary N) is 1. The first-order valence-electron chi connectivity index (χ1n) is 11.2. The van der Waals surface area contributed by atoms with Gasteiger partial charge in [0.1, 0.15) is 5.39 Å². The minimum atomic E-state index is -0.177. The Hall–Kier alpha value is -3.53. The number of rotatable bonds is 6. The second-order valence-electron chi connectivity index (χ2n) is 8.59. The highest BCUT2D eigenvalue weighted by Crippen LogP contribution is 2.28. The van der Waals surface area contributed by atoms with Crippen molar-refractivity contribution >= 4 is 16.6 Å². The zero-order valence-corrected chi connectivity index (χ0v) is 18.9. The molecule has 10 heteroatoms. The van der Waals surface area contributed by atoms with E-state index < -0.39 is 0 Å². The fourth-order valence-corrected chi connectivity index (χ4v) is 4.11. The lowest BCUT2D eigenvalue weighted by atomic mass is 10.1. The first kappa shape index (κ1) is 21.3. The van der Waals surface area contributed by atoms with Gasteiger partial charge in [0, 0.05) is 50.9 Å². The zero-order chi connectivity index (χ0) is 22.8. The van der Waals surface area contributed by atoms with Crippen LogP contribution in [0.3, 0.4) is 0 Å². The summed E-state index contributed by atoms with van der Waals surface area (Å²) in [6.45, 7) is 5.19. The van der Waals surface area contributed by atoms with Gasteiger partial charge >= 0.3 is 0 Å². The second kappa shape index (κ2) is 9.14. The average Bonchev–Trinajstić information content (AvgIpc) is 3.35. The highest BCUT2D eigenvalue weighted by atomic mass is 16.5. The quantitative estimate of drug-likeness (QED) is 0.614. The maximum absolute atomic E-state index is 12.8. The van der Waals surface area contributed by atoms with Crippen LogP contribution in [0.1, 0.15) is 6.42 Å². The van der Waals surface area contributed by atoms with Crippen LogP contribution in [0.15, 0.2) is 51.8 Å². The van der Waals surface area contributed by atoms with Gasteiger partial charge in [-0.1, -0.05) is 17.4 Å². The van der Waals surface area contributed by atoms with Gasteiger partial charge in [0.15, 0.2) is 0 Å². The Morgan fingerprint density at radius 3 is 2.64 bits per heavy atom. The summed E-state index contributed by atoms with van der Waals surface area (Å²) in [5.74, 6) is 0.311. The summed E-state index contributed by atoms with van der Waals surface area (Å²) in [6.07, 6.45) is 2.24. The molecule has 3 aromatic rings. The van der Waals surface area contributed by atoms with E-state index >= 15 is 0 Å². The molecule has 5 rings (SSSR count). The third-order valence-corrected chi connectivity index (χ3v) is 6.22. The van der Waals surface area contributed by atoms with Crippen LogP contribution in [0.5, 0.6) is 5.88 Å². The van der Waals surface area contributed by atoms with Gasteiger partial charge in [0.25, 0.3) is 5.56 Å². The van der Waals surface area contributed by atoms with E-state index in [4.69, 9.17) is 9.72 Å². The molecule has 1 unspecified atom stereocenters. The van der Waals surface area contributed by atoms with Gasteiger partial charge in [-0.05, 0) is 25.2 Å². The molecular weight excluding hydrogens is 420 g/mol. The van der Waals surface area contributed by atoms with Gasteiger partial charge in [-0.2, -0.15) is 5.11 Å². The summed E-state index contributed by atoms with van der Waals surface area (Å²) in [5, 5.41) is 8.13. The van der Waals surface area contributed by atoms with Crippen molar-refractivity contribution in [1.29, 1.82) is 0 Å². The van der Waals surface area contributed by atoms with E-state index in [1.807, 2.05) is 6.07 Å². The van der Waals surface area contributed by atoms with E-state index in [1.165, 1.54) is 16.6 Å². The molecule has 33 heavy (non-hydrogen) atoms. The standard InChI is InChI=1S/C23H28N8O2/c1-29-8-10-31(11-9-29)18-5-3-16(4-6-18)19-13-20-21(23(32)30(2)15-24-20)22(26-19)33-12-7-17-14-25-28-27-17/h3-6,13,15,17H,7-12,14H2,1-2H3,(H,25,27). The number of aromatic nitrogens is 3. The molecule has 10 nitrogen and oxygen atoms in total. The van der Waals surface area contributed by atoms with Gasteiger partial charge in [-0.3, -0.25) is 10.2 Å². The lowest BCUT2D eigenvalue weighted by Crippen LogP contribution is -2.44. The minimum Gasteiger partial charge on any atom is -0.477 e. The molecule has 1 saturated heterocycles. The summed E-state index contributed by atoms with van der Waals surface area (Å²) in [6, 6.07) is 10.4. The van der Waals surface area contributed by atoms with Crippen LogP contribution in [0, 0.1) is 0 Å². The SMILES string of the molecule is CN1CCN(c2ccc(-c3cc4ncn(C)c(=O)c4c(OCCC4CN=NN4)n3)cc2)CC1. The number of aryl methyl sites for hydroxylation is 1. The highest BCUT2D eigenvalue weighted by molar-refractivity contribution is 5.86. The smallest absolute Gasteiger partial charge is 0.266 e. The molecule has 0 radical (unpaired) electrons. The maximum Gasteiger partial charge on any atom is 0.266 e. The molecule has 1 atom stereocenters. The minimum absolute atomic E-state index is 0.141. The summed E-state index contributed by atoms with van der Waals surface area (Å²) in [7, 11) is 3.83. The van der Waals surface area contributed by atoms with Crippen LogP contribution in [-0.2, 0) is 7.05 Å². The largest absolute Gasteiger partial charge is 0.477 e. The first-order chi connectivity index (χ1) is 16.1. The highest BCUT2D eigenvalue weighted by Gasteiger charge is 2.18. The lowest BCUT2D eigenvalue weighted by Gasteiger charge is -2.34. The number of hydrogen-bond acceptors (Lipinski definition) is 9. The summed E-state index contributed by atoms with van der Waals surface area (Å²) in [5.41, 5.74) is 6.23. The predicted molar refractivity (Wildman–Crippen MR) is 127 cm³/mol. The maximum atomic E-state index is 12.8. The summed E-state index contributed by atoms with van der Waals surface area (Å²) < 4.78 is 7.45. The topological polar surface area (TPSA) is 100 Å². The van der Waals surface area contributed by atoms with Gasteiger partial charge in [0.05, 0.1) is 36.7 Å². The Bertz CT molecular complexity index is 1210. The molecule has 172 valence electrons. The molecule has 0 aliphatic carbocycles. The van der Waals surface area contributed by atoms with Gasteiger partial charge in [-0.25, -0.2) is 9.97 Å². The number of ether oxygens (including phenoxy) is 1. The molecule has 0 spiro atoms. The Labute approximate surface area is 191 Å². The third-order valence-electron chi connectivity index (χ3n) is 6.22. The molecule has 2 aliphatic heterocycles. The Kier molecular flexibility index (Phi) is 5.91. The van der Waals surface area contributed by atoms with Crippen molar-refractivity contribution < 1.29 is 4.74 Å². The number of anilines is 1. The number of likely N-dealkylation sites (N-methyl/N-ethyl adjacent to an activating group) is 1.